The minimum Gasteiger partial charge on any atom is -0.462 e. The summed E-state index contributed by atoms with van der Waals surface area (Å²) < 4.78 is 5.30. The van der Waals surface area contributed by atoms with E-state index in [-0.39, 0.29) is 17.9 Å². The number of hydrogen-bond acceptors (Lipinski definition) is 4. The molecule has 1 heterocycles. The van der Waals surface area contributed by atoms with Crippen LogP contribution in [0.3, 0.4) is 0 Å². The van der Waals surface area contributed by atoms with Crippen LogP contribution in [0.5, 0.6) is 0 Å². The Balaban J connectivity index is 1.91. The van der Waals surface area contributed by atoms with Crippen molar-refractivity contribution >= 4 is 28.2 Å². The van der Waals surface area contributed by atoms with Crippen molar-refractivity contribution in [1.82, 2.24) is 0 Å². The molecule has 5 heteroatoms. The van der Waals surface area contributed by atoms with Gasteiger partial charge >= 0.3 is 5.97 Å². The molecule has 156 valence electrons. The fourth-order valence-corrected chi connectivity index (χ4v) is 5.35. The third kappa shape index (κ3) is 5.27. The molecule has 0 saturated heterocycles. The summed E-state index contributed by atoms with van der Waals surface area (Å²) in [6.45, 7) is 6.12. The van der Waals surface area contributed by atoms with Gasteiger partial charge in [-0.1, -0.05) is 56.0 Å². The number of carbonyl (C=O) groups excluding carboxylic acids is 2. The Labute approximate surface area is 177 Å². The van der Waals surface area contributed by atoms with Gasteiger partial charge in [0.1, 0.15) is 5.00 Å². The second kappa shape index (κ2) is 10.1. The fraction of sp³-hybridized carbons (Fsp3) is 0.500. The smallest absolute Gasteiger partial charge is 0.341 e. The standard InChI is InChI=1S/C24H31NO3S/c1-4-28-24(27)20-16-21(19-12-6-5-7-13-19)29-23(20)25(17(2)3)22(26)15-14-18-10-8-9-11-18/h5-7,12-13,16-18H,4,8-11,14-15H2,1-3H3. The number of benzene rings is 1. The molecule has 0 aliphatic heterocycles. The van der Waals surface area contributed by atoms with Crippen molar-refractivity contribution < 1.29 is 14.3 Å². The van der Waals surface area contributed by atoms with E-state index >= 15 is 0 Å². The maximum absolute atomic E-state index is 13.2. The van der Waals surface area contributed by atoms with E-state index in [0.717, 1.165) is 16.9 Å². The minimum absolute atomic E-state index is 0.0264. The van der Waals surface area contributed by atoms with E-state index in [0.29, 0.717) is 29.5 Å². The lowest BCUT2D eigenvalue weighted by molar-refractivity contribution is -0.119. The number of hydrogen-bond donors (Lipinski definition) is 0. The lowest BCUT2D eigenvalue weighted by Crippen LogP contribution is -2.37. The molecule has 1 saturated carbocycles. The Hall–Kier alpha value is -2.14. The highest BCUT2D eigenvalue weighted by atomic mass is 32.1. The van der Waals surface area contributed by atoms with Crippen molar-refractivity contribution in [3.63, 3.8) is 0 Å². The summed E-state index contributed by atoms with van der Waals surface area (Å²) in [5, 5.41) is 0.703. The van der Waals surface area contributed by atoms with Gasteiger partial charge in [0, 0.05) is 17.3 Å². The highest BCUT2D eigenvalue weighted by Gasteiger charge is 2.29. The van der Waals surface area contributed by atoms with Gasteiger partial charge in [-0.3, -0.25) is 4.79 Å². The fourth-order valence-electron chi connectivity index (χ4n) is 4.04. The van der Waals surface area contributed by atoms with Crippen LogP contribution in [0.1, 0.15) is 69.7 Å². The molecular weight excluding hydrogens is 382 g/mol. The highest BCUT2D eigenvalue weighted by Crippen LogP contribution is 2.40. The van der Waals surface area contributed by atoms with Crippen LogP contribution < -0.4 is 4.90 Å². The minimum atomic E-state index is -0.366. The first-order chi connectivity index (χ1) is 14.0. The van der Waals surface area contributed by atoms with E-state index in [1.807, 2.05) is 50.2 Å². The Bertz CT molecular complexity index is 822. The van der Waals surface area contributed by atoms with Crippen molar-refractivity contribution in [2.24, 2.45) is 5.92 Å². The topological polar surface area (TPSA) is 46.6 Å². The molecule has 29 heavy (non-hydrogen) atoms. The average Bonchev–Trinajstić information content (AvgIpc) is 3.37. The largest absolute Gasteiger partial charge is 0.462 e. The maximum Gasteiger partial charge on any atom is 0.341 e. The highest BCUT2D eigenvalue weighted by molar-refractivity contribution is 7.20. The molecule has 1 aromatic heterocycles. The van der Waals surface area contributed by atoms with E-state index < -0.39 is 0 Å². The van der Waals surface area contributed by atoms with Gasteiger partial charge in [-0.2, -0.15) is 0 Å². The number of ether oxygens (including phenoxy) is 1. The van der Waals surface area contributed by atoms with Crippen molar-refractivity contribution in [2.45, 2.75) is 65.3 Å². The van der Waals surface area contributed by atoms with Crippen LogP contribution in [-0.4, -0.2) is 24.5 Å². The van der Waals surface area contributed by atoms with Gasteiger partial charge in [-0.05, 0) is 44.7 Å². The zero-order valence-corrected chi connectivity index (χ0v) is 18.5. The van der Waals surface area contributed by atoms with Crippen molar-refractivity contribution in [2.75, 3.05) is 11.5 Å². The Kier molecular flexibility index (Phi) is 7.48. The maximum atomic E-state index is 13.2. The third-order valence-electron chi connectivity index (χ3n) is 5.51. The van der Waals surface area contributed by atoms with Gasteiger partial charge in [0.2, 0.25) is 5.91 Å². The SMILES string of the molecule is CCOC(=O)c1cc(-c2ccccc2)sc1N(C(=O)CCC1CCCC1)C(C)C. The lowest BCUT2D eigenvalue weighted by Gasteiger charge is -2.27. The van der Waals surface area contributed by atoms with E-state index in [2.05, 4.69) is 0 Å². The molecule has 0 unspecified atom stereocenters. The van der Waals surface area contributed by atoms with Crippen molar-refractivity contribution in [3.8, 4) is 10.4 Å². The van der Waals surface area contributed by atoms with Crippen LogP contribution in [0.4, 0.5) is 5.00 Å². The van der Waals surface area contributed by atoms with E-state index in [4.69, 9.17) is 4.74 Å². The van der Waals surface area contributed by atoms with Gasteiger partial charge in [0.25, 0.3) is 0 Å². The molecule has 0 radical (unpaired) electrons. The van der Waals surface area contributed by atoms with Crippen LogP contribution in [0.25, 0.3) is 10.4 Å². The first kappa shape index (κ1) is 21.6. The summed E-state index contributed by atoms with van der Waals surface area (Å²) in [7, 11) is 0. The van der Waals surface area contributed by atoms with Gasteiger partial charge in [0.15, 0.2) is 0 Å². The van der Waals surface area contributed by atoms with Crippen LogP contribution in [0, 0.1) is 5.92 Å². The number of carbonyl (C=O) groups is 2. The second-order valence-electron chi connectivity index (χ2n) is 7.96. The van der Waals surface area contributed by atoms with E-state index in [1.165, 1.54) is 37.0 Å². The van der Waals surface area contributed by atoms with Crippen LogP contribution in [0.2, 0.25) is 0 Å². The van der Waals surface area contributed by atoms with Gasteiger partial charge in [-0.25, -0.2) is 4.79 Å². The molecule has 1 fully saturated rings. The summed E-state index contributed by atoms with van der Waals surface area (Å²) in [5.74, 6) is 0.398. The molecule has 1 aliphatic rings. The molecule has 1 amide bonds. The first-order valence-electron chi connectivity index (χ1n) is 10.7. The third-order valence-corrected chi connectivity index (χ3v) is 6.69. The van der Waals surface area contributed by atoms with Gasteiger partial charge in [0.05, 0.1) is 12.2 Å². The summed E-state index contributed by atoms with van der Waals surface area (Å²) in [5.41, 5.74) is 1.52. The zero-order valence-electron chi connectivity index (χ0n) is 17.6. The molecule has 3 rings (SSSR count). The molecule has 0 bridgehead atoms. The molecule has 1 aliphatic carbocycles. The molecule has 4 nitrogen and oxygen atoms in total. The number of thiophene rings is 1. The molecule has 0 N–H and O–H groups in total. The summed E-state index contributed by atoms with van der Waals surface area (Å²) >= 11 is 1.49. The number of nitrogens with zero attached hydrogens (tertiary/aromatic N) is 1. The van der Waals surface area contributed by atoms with Crippen molar-refractivity contribution in [3.05, 3.63) is 42.0 Å². The Morgan fingerprint density at radius 2 is 1.86 bits per heavy atom. The van der Waals surface area contributed by atoms with Crippen LogP contribution >= 0.6 is 11.3 Å². The van der Waals surface area contributed by atoms with Gasteiger partial charge < -0.3 is 9.64 Å². The zero-order chi connectivity index (χ0) is 20.8. The predicted octanol–water partition coefficient (Wildman–Crippen LogP) is 6.30. The van der Waals surface area contributed by atoms with E-state index in [1.54, 1.807) is 11.8 Å². The number of esters is 1. The molecule has 1 aromatic carbocycles. The van der Waals surface area contributed by atoms with E-state index in [9.17, 15) is 9.59 Å². The number of rotatable bonds is 8. The first-order valence-corrected chi connectivity index (χ1v) is 11.5. The lowest BCUT2D eigenvalue weighted by atomic mass is 10.0. The van der Waals surface area contributed by atoms with Crippen LogP contribution in [0.15, 0.2) is 36.4 Å². The van der Waals surface area contributed by atoms with Crippen LogP contribution in [-0.2, 0) is 9.53 Å². The second-order valence-corrected chi connectivity index (χ2v) is 8.99. The predicted molar refractivity (Wildman–Crippen MR) is 120 cm³/mol. The summed E-state index contributed by atoms with van der Waals surface area (Å²) in [6, 6.07) is 11.8. The Morgan fingerprint density at radius 1 is 1.17 bits per heavy atom. The summed E-state index contributed by atoms with van der Waals surface area (Å²) in [4.78, 5) is 28.6. The molecule has 0 spiro atoms. The molecule has 2 aromatic rings. The number of amides is 1. The monoisotopic (exact) mass is 413 g/mol. The summed E-state index contributed by atoms with van der Waals surface area (Å²) in [6.07, 6.45) is 6.51. The normalized spacial score (nSPS) is 14.3. The Morgan fingerprint density at radius 3 is 2.48 bits per heavy atom. The number of anilines is 1. The quantitative estimate of drug-likeness (QED) is 0.477. The van der Waals surface area contributed by atoms with Gasteiger partial charge in [-0.15, -0.1) is 11.3 Å². The molecule has 0 atom stereocenters. The average molecular weight is 414 g/mol. The van der Waals surface area contributed by atoms with Crippen molar-refractivity contribution in [1.29, 1.82) is 0 Å². The molecular formula is C24H31NO3S.